The van der Waals surface area contributed by atoms with E-state index >= 15 is 0 Å². The second kappa shape index (κ2) is 8.89. The van der Waals surface area contributed by atoms with E-state index in [1.807, 2.05) is 11.8 Å². The van der Waals surface area contributed by atoms with Gasteiger partial charge in [-0.3, -0.25) is 0 Å². The molecule has 0 aliphatic heterocycles. The van der Waals surface area contributed by atoms with Crippen LogP contribution in [0, 0.1) is 5.92 Å². The van der Waals surface area contributed by atoms with Crippen molar-refractivity contribution in [3.8, 4) is 5.88 Å². The van der Waals surface area contributed by atoms with Gasteiger partial charge in [0.05, 0.1) is 26.0 Å². The van der Waals surface area contributed by atoms with Crippen LogP contribution in [0.25, 0.3) is 0 Å². The van der Waals surface area contributed by atoms with Gasteiger partial charge in [-0.15, -0.1) is 0 Å². The minimum atomic E-state index is -0.374. The fraction of sp³-hybridized carbons (Fsp3) is 0.714. The molecule has 0 saturated carbocycles. The van der Waals surface area contributed by atoms with Crippen molar-refractivity contribution in [3.63, 3.8) is 0 Å². The van der Waals surface area contributed by atoms with Crippen molar-refractivity contribution < 1.29 is 14.3 Å². The molecule has 0 N–H and O–H groups in total. The number of aryl methyl sites for hydroxylation is 1. The number of nitrogens with zero attached hydrogens (tertiary/aromatic N) is 2. The van der Waals surface area contributed by atoms with E-state index in [1.165, 1.54) is 6.20 Å². The number of aromatic nitrogens is 2. The zero-order valence-corrected chi connectivity index (χ0v) is 13.5. The molecule has 0 radical (unpaired) electrons. The summed E-state index contributed by atoms with van der Waals surface area (Å²) in [7, 11) is 0. The normalized spacial score (nSPS) is 10.8. The highest BCUT2D eigenvalue weighted by molar-refractivity contribution is 7.99. The number of carbonyl (C=O) groups is 1. The van der Waals surface area contributed by atoms with Crippen LogP contribution in [0.5, 0.6) is 5.88 Å². The van der Waals surface area contributed by atoms with Crippen molar-refractivity contribution in [2.75, 3.05) is 24.7 Å². The lowest BCUT2D eigenvalue weighted by Crippen LogP contribution is -2.14. The van der Waals surface area contributed by atoms with E-state index in [0.717, 1.165) is 18.1 Å². The molecule has 1 aromatic heterocycles. The third kappa shape index (κ3) is 5.07. The Hall–Kier alpha value is -1.17. The van der Waals surface area contributed by atoms with E-state index in [0.29, 0.717) is 30.6 Å². The molecule has 0 spiro atoms. The summed E-state index contributed by atoms with van der Waals surface area (Å²) in [5, 5.41) is 4.25. The first kappa shape index (κ1) is 16.9. The van der Waals surface area contributed by atoms with E-state index in [4.69, 9.17) is 9.47 Å². The summed E-state index contributed by atoms with van der Waals surface area (Å²) < 4.78 is 12.5. The number of carbonyl (C=O) groups excluding carboxylic acids is 1. The van der Waals surface area contributed by atoms with Crippen LogP contribution in [-0.4, -0.2) is 40.5 Å². The molecule has 0 unspecified atom stereocenters. The van der Waals surface area contributed by atoms with Gasteiger partial charge in [-0.25, -0.2) is 9.48 Å². The van der Waals surface area contributed by atoms with E-state index in [9.17, 15) is 4.79 Å². The maximum Gasteiger partial charge on any atom is 0.345 e. The summed E-state index contributed by atoms with van der Waals surface area (Å²) >= 11 is 1.83. The molecule has 0 aromatic carbocycles. The van der Waals surface area contributed by atoms with Gasteiger partial charge in [0.15, 0.2) is 0 Å². The average Bonchev–Trinajstić information content (AvgIpc) is 2.80. The zero-order valence-electron chi connectivity index (χ0n) is 12.7. The van der Waals surface area contributed by atoms with E-state index in [1.54, 1.807) is 11.6 Å². The third-order valence-corrected chi connectivity index (χ3v) is 3.37. The highest BCUT2D eigenvalue weighted by Crippen LogP contribution is 2.21. The number of thioether (sulfide) groups is 1. The highest BCUT2D eigenvalue weighted by atomic mass is 32.2. The summed E-state index contributed by atoms with van der Waals surface area (Å²) in [6.07, 6.45) is 1.53. The van der Waals surface area contributed by atoms with E-state index in [-0.39, 0.29) is 5.97 Å². The maximum atomic E-state index is 11.9. The Morgan fingerprint density at radius 2 is 2.20 bits per heavy atom. The SMILES string of the molecule is CCOC(=O)c1cnn(CCSCC)c1OCC(C)C. The van der Waals surface area contributed by atoms with Crippen LogP contribution in [0.1, 0.15) is 38.1 Å². The van der Waals surface area contributed by atoms with Crippen molar-refractivity contribution in [1.82, 2.24) is 9.78 Å². The summed E-state index contributed by atoms with van der Waals surface area (Å²) in [5.74, 6) is 2.54. The topological polar surface area (TPSA) is 53.3 Å². The quantitative estimate of drug-likeness (QED) is 0.518. The smallest absolute Gasteiger partial charge is 0.345 e. The molecule has 6 heteroatoms. The summed E-state index contributed by atoms with van der Waals surface area (Å²) in [6.45, 7) is 9.67. The lowest BCUT2D eigenvalue weighted by atomic mass is 10.2. The third-order valence-electron chi connectivity index (χ3n) is 2.49. The Labute approximate surface area is 125 Å². The summed E-state index contributed by atoms with van der Waals surface area (Å²) in [6, 6.07) is 0. The van der Waals surface area contributed by atoms with Crippen LogP contribution in [0.2, 0.25) is 0 Å². The Bertz CT molecular complexity index is 419. The van der Waals surface area contributed by atoms with Gasteiger partial charge in [-0.2, -0.15) is 16.9 Å². The predicted octanol–water partition coefficient (Wildman–Crippen LogP) is 2.85. The van der Waals surface area contributed by atoms with E-state index in [2.05, 4.69) is 25.9 Å². The second-order valence-electron chi connectivity index (χ2n) is 4.71. The molecule has 1 rings (SSSR count). The molecule has 0 aliphatic rings. The summed E-state index contributed by atoms with van der Waals surface area (Å²) in [4.78, 5) is 11.9. The standard InChI is InChI=1S/C14H24N2O3S/c1-5-18-14(17)12-9-15-16(7-8-20-6-2)13(12)19-10-11(3)4/h9,11H,5-8,10H2,1-4H3. The number of esters is 1. The van der Waals surface area contributed by atoms with Crippen LogP contribution in [0.15, 0.2) is 6.20 Å². The van der Waals surface area contributed by atoms with Gasteiger partial charge in [-0.05, 0) is 18.6 Å². The molecule has 0 fully saturated rings. The maximum absolute atomic E-state index is 11.9. The average molecular weight is 300 g/mol. The van der Waals surface area contributed by atoms with Crippen LogP contribution in [-0.2, 0) is 11.3 Å². The second-order valence-corrected chi connectivity index (χ2v) is 6.10. The molecule has 114 valence electrons. The minimum Gasteiger partial charge on any atom is -0.477 e. The van der Waals surface area contributed by atoms with Crippen molar-refractivity contribution >= 4 is 17.7 Å². The molecule has 0 amide bonds. The van der Waals surface area contributed by atoms with E-state index < -0.39 is 0 Å². The van der Waals surface area contributed by atoms with Crippen LogP contribution in [0.3, 0.4) is 0 Å². The fourth-order valence-electron chi connectivity index (χ4n) is 1.58. The van der Waals surface area contributed by atoms with Crippen LogP contribution in [0.4, 0.5) is 0 Å². The molecule has 1 heterocycles. The molecular weight excluding hydrogens is 276 g/mol. The predicted molar refractivity (Wildman–Crippen MR) is 81.5 cm³/mol. The lowest BCUT2D eigenvalue weighted by Gasteiger charge is -2.12. The first-order valence-electron chi connectivity index (χ1n) is 7.03. The van der Waals surface area contributed by atoms with Gasteiger partial charge in [0, 0.05) is 5.75 Å². The highest BCUT2D eigenvalue weighted by Gasteiger charge is 2.20. The summed E-state index contributed by atoms with van der Waals surface area (Å²) in [5.41, 5.74) is 0.411. The lowest BCUT2D eigenvalue weighted by molar-refractivity contribution is 0.0520. The molecule has 5 nitrogen and oxygen atoms in total. The zero-order chi connectivity index (χ0) is 15.0. The number of ether oxygens (including phenoxy) is 2. The van der Waals surface area contributed by atoms with Crippen molar-refractivity contribution in [1.29, 1.82) is 0 Å². The Morgan fingerprint density at radius 3 is 2.80 bits per heavy atom. The molecule has 0 bridgehead atoms. The van der Waals surface area contributed by atoms with Crippen LogP contribution >= 0.6 is 11.8 Å². The Morgan fingerprint density at radius 1 is 1.45 bits per heavy atom. The van der Waals surface area contributed by atoms with Crippen molar-refractivity contribution in [2.45, 2.75) is 34.2 Å². The largest absolute Gasteiger partial charge is 0.477 e. The van der Waals surface area contributed by atoms with Gasteiger partial charge < -0.3 is 9.47 Å². The number of rotatable bonds is 9. The van der Waals surface area contributed by atoms with Gasteiger partial charge in [-0.1, -0.05) is 20.8 Å². The van der Waals surface area contributed by atoms with Gasteiger partial charge >= 0.3 is 5.97 Å². The Kier molecular flexibility index (Phi) is 7.51. The van der Waals surface area contributed by atoms with Crippen LogP contribution < -0.4 is 4.74 Å². The molecule has 0 aliphatic carbocycles. The molecular formula is C14H24N2O3S. The van der Waals surface area contributed by atoms with Gasteiger partial charge in [0.25, 0.3) is 0 Å². The first-order chi connectivity index (χ1) is 9.60. The number of hydrogen-bond donors (Lipinski definition) is 0. The van der Waals surface area contributed by atoms with Gasteiger partial charge in [0.1, 0.15) is 5.56 Å². The molecule has 20 heavy (non-hydrogen) atoms. The van der Waals surface area contributed by atoms with Crippen molar-refractivity contribution in [3.05, 3.63) is 11.8 Å². The molecule has 0 atom stereocenters. The first-order valence-corrected chi connectivity index (χ1v) is 8.19. The van der Waals surface area contributed by atoms with Crippen molar-refractivity contribution in [2.24, 2.45) is 5.92 Å². The monoisotopic (exact) mass is 300 g/mol. The number of hydrogen-bond acceptors (Lipinski definition) is 5. The molecule has 0 saturated heterocycles. The van der Waals surface area contributed by atoms with Gasteiger partial charge in [0.2, 0.25) is 5.88 Å². The fourth-order valence-corrected chi connectivity index (χ4v) is 2.17. The Balaban J connectivity index is 2.84. The minimum absolute atomic E-state index is 0.347. The molecule has 1 aromatic rings.